The summed E-state index contributed by atoms with van der Waals surface area (Å²) in [7, 11) is 0. The van der Waals surface area contributed by atoms with Gasteiger partial charge in [0.15, 0.2) is 0 Å². The van der Waals surface area contributed by atoms with Gasteiger partial charge in [0, 0.05) is 37.8 Å². The van der Waals surface area contributed by atoms with Crippen LogP contribution in [0, 0.1) is 18.6 Å². The number of aryl methyl sites for hydroxylation is 1. The number of rotatable bonds is 2. The number of carbonyl (C=O) groups is 2. The second kappa shape index (κ2) is 7.01. The van der Waals surface area contributed by atoms with E-state index in [1.165, 1.54) is 4.90 Å². The van der Waals surface area contributed by atoms with Gasteiger partial charge < -0.3 is 9.80 Å². The molecule has 2 aromatic carbocycles. The molecular formula is C19H18F2N2O2. The van der Waals surface area contributed by atoms with E-state index in [-0.39, 0.29) is 11.5 Å². The maximum atomic E-state index is 13.8. The summed E-state index contributed by atoms with van der Waals surface area (Å²) in [5, 5.41) is 0. The van der Waals surface area contributed by atoms with Crippen LogP contribution in [-0.4, -0.2) is 47.8 Å². The molecule has 0 aromatic heterocycles. The molecule has 6 heteroatoms. The Labute approximate surface area is 144 Å². The molecule has 1 aliphatic rings. The monoisotopic (exact) mass is 344 g/mol. The van der Waals surface area contributed by atoms with Crippen LogP contribution in [0.25, 0.3) is 0 Å². The molecule has 0 radical (unpaired) electrons. The Balaban J connectivity index is 1.65. The summed E-state index contributed by atoms with van der Waals surface area (Å²) in [5.74, 6) is -2.16. The summed E-state index contributed by atoms with van der Waals surface area (Å²) in [6.07, 6.45) is 0. The summed E-state index contributed by atoms with van der Waals surface area (Å²) in [4.78, 5) is 28.1. The predicted octanol–water partition coefficient (Wildman–Crippen LogP) is 2.87. The fraction of sp³-hybridized carbons (Fsp3) is 0.263. The Hall–Kier alpha value is -2.76. The van der Waals surface area contributed by atoms with Gasteiger partial charge >= 0.3 is 0 Å². The lowest BCUT2D eigenvalue weighted by Gasteiger charge is -2.35. The number of amides is 2. The zero-order chi connectivity index (χ0) is 18.0. The van der Waals surface area contributed by atoms with Crippen molar-refractivity contribution in [2.45, 2.75) is 6.92 Å². The highest BCUT2D eigenvalue weighted by molar-refractivity contribution is 5.96. The molecule has 0 saturated carbocycles. The van der Waals surface area contributed by atoms with E-state index in [4.69, 9.17) is 0 Å². The third-order valence-corrected chi connectivity index (χ3v) is 4.28. The van der Waals surface area contributed by atoms with Crippen molar-refractivity contribution in [2.24, 2.45) is 0 Å². The minimum Gasteiger partial charge on any atom is -0.335 e. The first-order valence-corrected chi connectivity index (χ1v) is 8.06. The van der Waals surface area contributed by atoms with Gasteiger partial charge in [-0.1, -0.05) is 17.7 Å². The van der Waals surface area contributed by atoms with E-state index in [9.17, 15) is 18.4 Å². The van der Waals surface area contributed by atoms with E-state index < -0.39 is 17.5 Å². The summed E-state index contributed by atoms with van der Waals surface area (Å²) in [6, 6.07) is 10.3. The minimum absolute atomic E-state index is 0.0799. The first-order valence-electron chi connectivity index (χ1n) is 8.06. The van der Waals surface area contributed by atoms with Crippen LogP contribution in [0.5, 0.6) is 0 Å². The van der Waals surface area contributed by atoms with Crippen molar-refractivity contribution in [3.05, 3.63) is 70.8 Å². The molecule has 1 heterocycles. The zero-order valence-corrected chi connectivity index (χ0v) is 13.8. The predicted molar refractivity (Wildman–Crippen MR) is 89.3 cm³/mol. The molecule has 1 aliphatic heterocycles. The number of piperazine rings is 1. The van der Waals surface area contributed by atoms with Gasteiger partial charge in [-0.3, -0.25) is 9.59 Å². The number of carbonyl (C=O) groups excluding carboxylic acids is 2. The van der Waals surface area contributed by atoms with E-state index in [0.29, 0.717) is 37.8 Å². The second-order valence-corrected chi connectivity index (χ2v) is 6.08. The Morgan fingerprint density at radius 1 is 0.880 bits per heavy atom. The van der Waals surface area contributed by atoms with Crippen molar-refractivity contribution >= 4 is 11.8 Å². The van der Waals surface area contributed by atoms with Gasteiger partial charge in [-0.25, -0.2) is 8.78 Å². The van der Waals surface area contributed by atoms with E-state index >= 15 is 0 Å². The highest BCUT2D eigenvalue weighted by atomic mass is 19.1. The summed E-state index contributed by atoms with van der Waals surface area (Å²) in [5.41, 5.74) is 1.47. The number of hydrogen-bond acceptors (Lipinski definition) is 2. The Morgan fingerprint density at radius 3 is 2.12 bits per heavy atom. The van der Waals surface area contributed by atoms with Crippen LogP contribution in [-0.2, 0) is 0 Å². The van der Waals surface area contributed by atoms with Crippen LogP contribution in [0.3, 0.4) is 0 Å². The van der Waals surface area contributed by atoms with Gasteiger partial charge in [-0.05, 0) is 31.2 Å². The zero-order valence-electron chi connectivity index (χ0n) is 13.8. The van der Waals surface area contributed by atoms with Gasteiger partial charge in [0.1, 0.15) is 11.6 Å². The molecule has 0 atom stereocenters. The molecule has 25 heavy (non-hydrogen) atoms. The topological polar surface area (TPSA) is 40.6 Å². The SMILES string of the molecule is Cc1cccc(C(=O)N2CCN(C(=O)c3ccc(F)cc3F)CC2)c1. The Morgan fingerprint density at radius 2 is 1.52 bits per heavy atom. The van der Waals surface area contributed by atoms with Crippen molar-refractivity contribution in [3.8, 4) is 0 Å². The van der Waals surface area contributed by atoms with Gasteiger partial charge in [0.05, 0.1) is 5.56 Å². The van der Waals surface area contributed by atoms with Crippen LogP contribution < -0.4 is 0 Å². The van der Waals surface area contributed by atoms with E-state index in [0.717, 1.165) is 17.7 Å². The first kappa shape index (κ1) is 17.1. The molecule has 1 saturated heterocycles. The van der Waals surface area contributed by atoms with Crippen LogP contribution in [0.4, 0.5) is 8.78 Å². The molecule has 0 N–H and O–H groups in total. The maximum Gasteiger partial charge on any atom is 0.256 e. The van der Waals surface area contributed by atoms with Crippen molar-refractivity contribution in [1.82, 2.24) is 9.80 Å². The first-order chi connectivity index (χ1) is 12.0. The Bertz CT molecular complexity index is 815. The highest BCUT2D eigenvalue weighted by Gasteiger charge is 2.26. The standard InChI is InChI=1S/C19H18F2N2O2/c1-13-3-2-4-14(11-13)18(24)22-7-9-23(10-8-22)19(25)16-6-5-15(20)12-17(16)21/h2-6,11-12H,7-10H2,1H3. The van der Waals surface area contributed by atoms with Crippen LogP contribution in [0.15, 0.2) is 42.5 Å². The number of hydrogen-bond donors (Lipinski definition) is 0. The minimum atomic E-state index is -0.872. The van der Waals surface area contributed by atoms with Crippen LogP contribution in [0.2, 0.25) is 0 Å². The molecule has 1 fully saturated rings. The lowest BCUT2D eigenvalue weighted by atomic mass is 10.1. The van der Waals surface area contributed by atoms with E-state index in [2.05, 4.69) is 0 Å². The summed E-state index contributed by atoms with van der Waals surface area (Å²) < 4.78 is 26.7. The van der Waals surface area contributed by atoms with E-state index in [1.54, 1.807) is 11.0 Å². The third kappa shape index (κ3) is 3.68. The third-order valence-electron chi connectivity index (χ3n) is 4.28. The fourth-order valence-electron chi connectivity index (χ4n) is 2.91. The van der Waals surface area contributed by atoms with Crippen molar-refractivity contribution in [3.63, 3.8) is 0 Å². The summed E-state index contributed by atoms with van der Waals surface area (Å²) in [6.45, 7) is 3.30. The van der Waals surface area contributed by atoms with Gasteiger partial charge in [-0.2, -0.15) is 0 Å². The Kier molecular flexibility index (Phi) is 4.79. The lowest BCUT2D eigenvalue weighted by molar-refractivity contribution is 0.0532. The fourth-order valence-corrected chi connectivity index (χ4v) is 2.91. The normalized spacial score (nSPS) is 14.5. The molecule has 0 aliphatic carbocycles. The van der Waals surface area contributed by atoms with Gasteiger partial charge in [0.25, 0.3) is 11.8 Å². The number of benzene rings is 2. The maximum absolute atomic E-state index is 13.8. The molecule has 0 bridgehead atoms. The van der Waals surface area contributed by atoms with Crippen molar-refractivity contribution < 1.29 is 18.4 Å². The average Bonchev–Trinajstić information content (AvgIpc) is 2.61. The average molecular weight is 344 g/mol. The van der Waals surface area contributed by atoms with Crippen LogP contribution >= 0.6 is 0 Å². The van der Waals surface area contributed by atoms with Crippen molar-refractivity contribution in [1.29, 1.82) is 0 Å². The van der Waals surface area contributed by atoms with Crippen molar-refractivity contribution in [2.75, 3.05) is 26.2 Å². The smallest absolute Gasteiger partial charge is 0.256 e. The molecule has 130 valence electrons. The lowest BCUT2D eigenvalue weighted by Crippen LogP contribution is -2.50. The van der Waals surface area contributed by atoms with E-state index in [1.807, 2.05) is 25.1 Å². The largest absolute Gasteiger partial charge is 0.335 e. The molecule has 0 unspecified atom stereocenters. The van der Waals surface area contributed by atoms with Gasteiger partial charge in [0.2, 0.25) is 0 Å². The summed E-state index contributed by atoms with van der Waals surface area (Å²) >= 11 is 0. The molecule has 3 rings (SSSR count). The van der Waals surface area contributed by atoms with Crippen LogP contribution in [0.1, 0.15) is 26.3 Å². The highest BCUT2D eigenvalue weighted by Crippen LogP contribution is 2.15. The van der Waals surface area contributed by atoms with Gasteiger partial charge in [-0.15, -0.1) is 0 Å². The molecule has 2 aromatic rings. The quantitative estimate of drug-likeness (QED) is 0.841. The second-order valence-electron chi connectivity index (χ2n) is 6.08. The molecule has 4 nitrogen and oxygen atoms in total. The number of halogens is 2. The molecular weight excluding hydrogens is 326 g/mol. The molecule has 0 spiro atoms. The number of nitrogens with zero attached hydrogens (tertiary/aromatic N) is 2. The molecule has 2 amide bonds.